The molecule has 0 rings (SSSR count). The van der Waals surface area contributed by atoms with Crippen LogP contribution in [0.4, 0.5) is 0 Å². The van der Waals surface area contributed by atoms with Gasteiger partial charge in [0.1, 0.15) is 0 Å². The maximum Gasteiger partial charge on any atom is 0.234 e. The monoisotopic (exact) mass is 225 g/mol. The summed E-state index contributed by atoms with van der Waals surface area (Å²) in [5.41, 5.74) is 0. The molecule has 0 atom stereocenters. The van der Waals surface area contributed by atoms with Gasteiger partial charge in [0.25, 0.3) is 0 Å². The Morgan fingerprint density at radius 1 is 1.19 bits per heavy atom. The van der Waals surface area contributed by atoms with Gasteiger partial charge in [-0.25, -0.2) is 0 Å². The molecule has 0 fully saturated rings. The third-order valence-corrected chi connectivity index (χ3v) is 1.94. The first-order valence-electron chi connectivity index (χ1n) is 5.33. The summed E-state index contributed by atoms with van der Waals surface area (Å²) < 4.78 is 0. The van der Waals surface area contributed by atoms with E-state index in [9.17, 15) is 9.59 Å². The van der Waals surface area contributed by atoms with Gasteiger partial charge < -0.3 is 10.6 Å². The number of carbonyl (C=O) groups is 2. The summed E-state index contributed by atoms with van der Waals surface area (Å²) in [6.07, 6.45) is 5.02. The van der Waals surface area contributed by atoms with Gasteiger partial charge >= 0.3 is 0 Å². The van der Waals surface area contributed by atoms with Gasteiger partial charge in [-0.3, -0.25) is 14.5 Å². The Bertz CT molecular complexity index is 271. The van der Waals surface area contributed by atoms with Crippen LogP contribution in [-0.2, 0) is 9.59 Å². The lowest BCUT2D eigenvalue weighted by Gasteiger charge is -2.18. The Labute approximate surface area is 96.6 Å². The van der Waals surface area contributed by atoms with E-state index in [4.69, 9.17) is 6.42 Å². The number of hydrogen-bond acceptors (Lipinski definition) is 3. The highest BCUT2D eigenvalue weighted by atomic mass is 16.2. The lowest BCUT2D eigenvalue weighted by atomic mass is 10.4. The molecule has 0 aromatic carbocycles. The molecule has 5 nitrogen and oxygen atoms in total. The summed E-state index contributed by atoms with van der Waals surface area (Å²) >= 11 is 0. The molecule has 0 heterocycles. The van der Waals surface area contributed by atoms with Crippen molar-refractivity contribution in [1.82, 2.24) is 15.5 Å². The summed E-state index contributed by atoms with van der Waals surface area (Å²) in [6.45, 7) is 5.63. The SMILES string of the molecule is C#CCNC(=O)CN(CC)CC(=O)NCC. The zero-order valence-corrected chi connectivity index (χ0v) is 9.88. The van der Waals surface area contributed by atoms with Crippen LogP contribution >= 0.6 is 0 Å². The predicted molar refractivity (Wildman–Crippen MR) is 62.6 cm³/mol. The Hall–Kier alpha value is -1.54. The number of amides is 2. The van der Waals surface area contributed by atoms with Crippen LogP contribution in [0, 0.1) is 12.3 Å². The third kappa shape index (κ3) is 6.85. The average molecular weight is 225 g/mol. The molecule has 0 saturated heterocycles. The molecule has 2 N–H and O–H groups in total. The van der Waals surface area contributed by atoms with Crippen molar-refractivity contribution in [3.8, 4) is 12.3 Å². The van der Waals surface area contributed by atoms with E-state index in [-0.39, 0.29) is 31.4 Å². The van der Waals surface area contributed by atoms with E-state index >= 15 is 0 Å². The normalized spacial score (nSPS) is 9.62. The topological polar surface area (TPSA) is 61.4 Å². The number of nitrogens with zero attached hydrogens (tertiary/aromatic N) is 1. The minimum absolute atomic E-state index is 0.0749. The summed E-state index contributed by atoms with van der Waals surface area (Å²) in [5, 5.41) is 5.24. The molecule has 0 aliphatic carbocycles. The highest BCUT2D eigenvalue weighted by Gasteiger charge is 2.11. The van der Waals surface area contributed by atoms with Crippen LogP contribution in [0.15, 0.2) is 0 Å². The molecular formula is C11H19N3O2. The Morgan fingerprint density at radius 3 is 2.19 bits per heavy atom. The molecule has 5 heteroatoms. The van der Waals surface area contributed by atoms with Crippen molar-refractivity contribution in [1.29, 1.82) is 0 Å². The largest absolute Gasteiger partial charge is 0.355 e. The van der Waals surface area contributed by atoms with E-state index in [1.54, 1.807) is 4.90 Å². The minimum atomic E-state index is -0.163. The molecule has 90 valence electrons. The van der Waals surface area contributed by atoms with Crippen LogP contribution in [0.1, 0.15) is 13.8 Å². The van der Waals surface area contributed by atoms with Crippen molar-refractivity contribution in [3.63, 3.8) is 0 Å². The number of carbonyl (C=O) groups excluding carboxylic acids is 2. The Morgan fingerprint density at radius 2 is 1.75 bits per heavy atom. The zero-order chi connectivity index (χ0) is 12.4. The van der Waals surface area contributed by atoms with Crippen molar-refractivity contribution >= 4 is 11.8 Å². The van der Waals surface area contributed by atoms with Gasteiger partial charge in [0.15, 0.2) is 0 Å². The number of rotatable bonds is 7. The van der Waals surface area contributed by atoms with Gasteiger partial charge in [-0.1, -0.05) is 12.8 Å². The fourth-order valence-corrected chi connectivity index (χ4v) is 1.14. The Kier molecular flexibility index (Phi) is 7.90. The lowest BCUT2D eigenvalue weighted by molar-refractivity contribution is -0.124. The molecule has 0 spiro atoms. The smallest absolute Gasteiger partial charge is 0.234 e. The second-order valence-corrected chi connectivity index (χ2v) is 3.24. The number of hydrogen-bond donors (Lipinski definition) is 2. The third-order valence-electron chi connectivity index (χ3n) is 1.94. The van der Waals surface area contributed by atoms with Gasteiger partial charge in [0.05, 0.1) is 19.6 Å². The van der Waals surface area contributed by atoms with Crippen molar-refractivity contribution in [2.75, 3.05) is 32.7 Å². The van der Waals surface area contributed by atoms with Crippen molar-refractivity contribution in [3.05, 3.63) is 0 Å². The van der Waals surface area contributed by atoms with E-state index in [0.717, 1.165) is 0 Å². The first kappa shape index (κ1) is 14.5. The molecule has 0 radical (unpaired) electrons. The molecular weight excluding hydrogens is 206 g/mol. The summed E-state index contributed by atoms with van der Waals surface area (Å²) in [6, 6.07) is 0. The lowest BCUT2D eigenvalue weighted by Crippen LogP contribution is -2.42. The molecule has 16 heavy (non-hydrogen) atoms. The zero-order valence-electron chi connectivity index (χ0n) is 9.88. The summed E-state index contributed by atoms with van der Waals surface area (Å²) in [7, 11) is 0. The maximum atomic E-state index is 11.3. The van der Waals surface area contributed by atoms with E-state index in [0.29, 0.717) is 13.1 Å². The second kappa shape index (κ2) is 8.74. The molecule has 0 aliphatic rings. The van der Waals surface area contributed by atoms with Crippen LogP contribution < -0.4 is 10.6 Å². The van der Waals surface area contributed by atoms with E-state index < -0.39 is 0 Å². The van der Waals surface area contributed by atoms with E-state index in [2.05, 4.69) is 16.6 Å². The maximum absolute atomic E-state index is 11.3. The molecule has 0 saturated carbocycles. The van der Waals surface area contributed by atoms with Crippen LogP contribution in [-0.4, -0.2) is 49.4 Å². The second-order valence-electron chi connectivity index (χ2n) is 3.24. The minimum Gasteiger partial charge on any atom is -0.355 e. The van der Waals surface area contributed by atoms with Crippen LogP contribution in [0.3, 0.4) is 0 Å². The Balaban J connectivity index is 3.95. The van der Waals surface area contributed by atoms with Crippen LogP contribution in [0.2, 0.25) is 0 Å². The number of likely N-dealkylation sites (N-methyl/N-ethyl adjacent to an activating group) is 2. The molecule has 0 aromatic heterocycles. The standard InChI is InChI=1S/C11H19N3O2/c1-4-7-13-11(16)9-14(6-3)8-10(15)12-5-2/h1H,5-9H2,2-3H3,(H,12,15)(H,13,16). The fraction of sp³-hybridized carbons (Fsp3) is 0.636. The quantitative estimate of drug-likeness (QED) is 0.557. The summed E-state index contributed by atoms with van der Waals surface area (Å²) in [5.74, 6) is 2.08. The molecule has 0 aliphatic heterocycles. The molecule has 0 bridgehead atoms. The van der Waals surface area contributed by atoms with Crippen molar-refractivity contribution in [2.45, 2.75) is 13.8 Å². The summed E-state index contributed by atoms with van der Waals surface area (Å²) in [4.78, 5) is 24.4. The van der Waals surface area contributed by atoms with Gasteiger partial charge in [-0.15, -0.1) is 6.42 Å². The molecule has 2 amide bonds. The molecule has 0 aromatic rings. The molecule has 0 unspecified atom stereocenters. The highest BCUT2D eigenvalue weighted by Crippen LogP contribution is 1.87. The predicted octanol–water partition coefficient (Wildman–Crippen LogP) is -0.806. The van der Waals surface area contributed by atoms with Crippen molar-refractivity contribution < 1.29 is 9.59 Å². The van der Waals surface area contributed by atoms with Crippen molar-refractivity contribution in [2.24, 2.45) is 0 Å². The van der Waals surface area contributed by atoms with E-state index in [1.807, 2.05) is 13.8 Å². The van der Waals surface area contributed by atoms with Gasteiger partial charge in [0.2, 0.25) is 11.8 Å². The van der Waals surface area contributed by atoms with E-state index in [1.165, 1.54) is 0 Å². The van der Waals surface area contributed by atoms with Gasteiger partial charge in [0, 0.05) is 6.54 Å². The first-order valence-corrected chi connectivity index (χ1v) is 5.33. The van der Waals surface area contributed by atoms with Crippen LogP contribution in [0.25, 0.3) is 0 Å². The van der Waals surface area contributed by atoms with Crippen LogP contribution in [0.5, 0.6) is 0 Å². The first-order chi connectivity index (χ1) is 7.63. The number of terminal acetylenes is 1. The van der Waals surface area contributed by atoms with Gasteiger partial charge in [-0.2, -0.15) is 0 Å². The highest BCUT2D eigenvalue weighted by molar-refractivity contribution is 5.81. The fourth-order valence-electron chi connectivity index (χ4n) is 1.14. The average Bonchev–Trinajstić information content (AvgIpc) is 2.25. The van der Waals surface area contributed by atoms with Gasteiger partial charge in [-0.05, 0) is 13.5 Å². The number of nitrogens with one attached hydrogen (secondary N) is 2.